The highest BCUT2D eigenvalue weighted by Crippen LogP contribution is 2.24. The molecule has 1 aliphatic rings. The Hall–Kier alpha value is -0.530. The smallest absolute Gasteiger partial charge is 0.306 e. The molecule has 6 heteroatoms. The first-order valence-electron chi connectivity index (χ1n) is 6.23. The number of nitrogens with zero attached hydrogens (tertiary/aromatic N) is 2. The number of hydrogen-bond acceptors (Lipinski definition) is 3. The predicted octanol–water partition coefficient (Wildman–Crippen LogP) is 1.75. The summed E-state index contributed by atoms with van der Waals surface area (Å²) in [5, 5.41) is 0. The Morgan fingerprint density at radius 1 is 1.50 bits per heavy atom. The molecule has 1 fully saturated rings. The molecule has 0 saturated heterocycles. The van der Waals surface area contributed by atoms with Gasteiger partial charge >= 0.3 is 5.97 Å². The quantitative estimate of drug-likeness (QED) is 0.255. The Balaban J connectivity index is 0.00000289. The van der Waals surface area contributed by atoms with Crippen LogP contribution in [0, 0.1) is 0 Å². The van der Waals surface area contributed by atoms with Gasteiger partial charge in [0.05, 0.1) is 6.10 Å². The van der Waals surface area contributed by atoms with Gasteiger partial charge in [-0.15, -0.1) is 24.0 Å². The van der Waals surface area contributed by atoms with Crippen LogP contribution in [0.3, 0.4) is 0 Å². The maximum absolute atomic E-state index is 11.2. The third-order valence-corrected chi connectivity index (χ3v) is 2.64. The lowest BCUT2D eigenvalue weighted by atomic mass is 10.3. The van der Waals surface area contributed by atoms with Gasteiger partial charge in [-0.2, -0.15) is 0 Å². The molecule has 0 bridgehead atoms. The van der Waals surface area contributed by atoms with Crippen LogP contribution in [0.2, 0.25) is 0 Å². The molecule has 106 valence electrons. The van der Waals surface area contributed by atoms with Gasteiger partial charge in [-0.3, -0.25) is 9.79 Å². The summed E-state index contributed by atoms with van der Waals surface area (Å²) in [5.41, 5.74) is 5.82. The van der Waals surface area contributed by atoms with Gasteiger partial charge in [0.1, 0.15) is 0 Å². The van der Waals surface area contributed by atoms with Crippen molar-refractivity contribution >= 4 is 35.9 Å². The zero-order chi connectivity index (χ0) is 12.8. The summed E-state index contributed by atoms with van der Waals surface area (Å²) in [7, 11) is 1.96. The number of ether oxygens (including phenoxy) is 1. The number of carbonyl (C=O) groups excluding carboxylic acids is 1. The summed E-state index contributed by atoms with van der Waals surface area (Å²) in [6, 6.07) is 0.574. The minimum absolute atomic E-state index is 0. The molecule has 0 aromatic carbocycles. The van der Waals surface area contributed by atoms with E-state index in [1.807, 2.05) is 25.8 Å². The first-order valence-corrected chi connectivity index (χ1v) is 6.23. The summed E-state index contributed by atoms with van der Waals surface area (Å²) in [6.07, 6.45) is 3.45. The minimum atomic E-state index is -0.163. The number of halogens is 1. The van der Waals surface area contributed by atoms with E-state index in [1.165, 1.54) is 12.8 Å². The van der Waals surface area contributed by atoms with Crippen LogP contribution < -0.4 is 5.73 Å². The molecule has 2 N–H and O–H groups in total. The molecule has 0 amide bonds. The van der Waals surface area contributed by atoms with Crippen LogP contribution in [0.15, 0.2) is 4.99 Å². The lowest BCUT2D eigenvalue weighted by Gasteiger charge is -2.16. The highest BCUT2D eigenvalue weighted by molar-refractivity contribution is 14.0. The van der Waals surface area contributed by atoms with Gasteiger partial charge in [0.15, 0.2) is 5.96 Å². The fourth-order valence-electron chi connectivity index (χ4n) is 1.50. The summed E-state index contributed by atoms with van der Waals surface area (Å²) in [6.45, 7) is 4.27. The third kappa shape index (κ3) is 7.03. The Labute approximate surface area is 126 Å². The molecule has 0 atom stereocenters. The largest absolute Gasteiger partial charge is 0.463 e. The summed E-state index contributed by atoms with van der Waals surface area (Å²) in [4.78, 5) is 17.5. The third-order valence-electron chi connectivity index (χ3n) is 2.64. The molecule has 18 heavy (non-hydrogen) atoms. The van der Waals surface area contributed by atoms with Gasteiger partial charge in [-0.25, -0.2) is 0 Å². The molecule has 0 radical (unpaired) electrons. The topological polar surface area (TPSA) is 67.9 Å². The molecule has 0 aromatic rings. The fraction of sp³-hybridized carbons (Fsp3) is 0.833. The molecule has 0 unspecified atom stereocenters. The Kier molecular flexibility index (Phi) is 8.30. The van der Waals surface area contributed by atoms with Gasteiger partial charge in [0.25, 0.3) is 0 Å². The van der Waals surface area contributed by atoms with E-state index in [1.54, 1.807) is 0 Å². The number of hydrogen-bond donors (Lipinski definition) is 1. The first-order chi connectivity index (χ1) is 8.00. The van der Waals surface area contributed by atoms with Gasteiger partial charge in [0, 0.05) is 26.1 Å². The van der Waals surface area contributed by atoms with E-state index in [0.717, 1.165) is 0 Å². The van der Waals surface area contributed by atoms with E-state index in [-0.39, 0.29) is 36.0 Å². The van der Waals surface area contributed by atoms with Crippen molar-refractivity contribution in [3.8, 4) is 0 Å². The number of aliphatic imine (C=N–C) groups is 1. The SMILES string of the molecule is CC(C)OC(=O)CCCN=C(N)N(C)C1CC1.I. The van der Waals surface area contributed by atoms with E-state index in [2.05, 4.69) is 4.99 Å². The minimum Gasteiger partial charge on any atom is -0.463 e. The van der Waals surface area contributed by atoms with Crippen molar-refractivity contribution in [3.63, 3.8) is 0 Å². The molecule has 1 rings (SSSR count). The first kappa shape index (κ1) is 17.5. The molecular formula is C12H24IN3O2. The Morgan fingerprint density at radius 2 is 2.11 bits per heavy atom. The van der Waals surface area contributed by atoms with Crippen LogP contribution in [0.25, 0.3) is 0 Å². The van der Waals surface area contributed by atoms with Gasteiger partial charge in [-0.1, -0.05) is 0 Å². The van der Waals surface area contributed by atoms with Crippen LogP contribution in [-0.4, -0.2) is 42.6 Å². The molecule has 5 nitrogen and oxygen atoms in total. The van der Waals surface area contributed by atoms with Crippen molar-refractivity contribution in [2.45, 2.75) is 51.7 Å². The maximum Gasteiger partial charge on any atom is 0.306 e. The molecule has 1 aliphatic carbocycles. The highest BCUT2D eigenvalue weighted by atomic mass is 127. The summed E-state index contributed by atoms with van der Waals surface area (Å²) >= 11 is 0. The van der Waals surface area contributed by atoms with Crippen molar-refractivity contribution < 1.29 is 9.53 Å². The predicted molar refractivity (Wildman–Crippen MR) is 83.2 cm³/mol. The van der Waals surface area contributed by atoms with Crippen LogP contribution in [0.4, 0.5) is 0 Å². The monoisotopic (exact) mass is 369 g/mol. The standard InChI is InChI=1S/C12H23N3O2.HI/c1-9(2)17-11(16)5-4-8-14-12(13)15(3)10-6-7-10;/h9-10H,4-8H2,1-3H3,(H2,13,14);1H. The number of guanidine groups is 1. The van der Waals surface area contributed by atoms with E-state index in [4.69, 9.17) is 10.5 Å². The van der Waals surface area contributed by atoms with Crippen molar-refractivity contribution in [1.29, 1.82) is 0 Å². The van der Waals surface area contributed by atoms with Crippen LogP contribution in [0.5, 0.6) is 0 Å². The van der Waals surface area contributed by atoms with Crippen molar-refractivity contribution in [1.82, 2.24) is 4.90 Å². The van der Waals surface area contributed by atoms with Crippen LogP contribution in [-0.2, 0) is 9.53 Å². The normalized spacial score (nSPS) is 15.2. The van der Waals surface area contributed by atoms with E-state index < -0.39 is 0 Å². The van der Waals surface area contributed by atoms with Crippen molar-refractivity contribution in [3.05, 3.63) is 0 Å². The second-order valence-electron chi connectivity index (χ2n) is 4.72. The number of esters is 1. The zero-order valence-corrected chi connectivity index (χ0v) is 13.7. The van der Waals surface area contributed by atoms with Crippen molar-refractivity contribution in [2.24, 2.45) is 10.7 Å². The maximum atomic E-state index is 11.2. The van der Waals surface area contributed by atoms with E-state index in [0.29, 0.717) is 31.4 Å². The zero-order valence-electron chi connectivity index (χ0n) is 11.4. The molecule has 0 spiro atoms. The number of rotatable bonds is 6. The van der Waals surface area contributed by atoms with E-state index >= 15 is 0 Å². The summed E-state index contributed by atoms with van der Waals surface area (Å²) < 4.78 is 5.02. The van der Waals surface area contributed by atoms with Gasteiger partial charge < -0.3 is 15.4 Å². The number of nitrogens with two attached hydrogens (primary N) is 1. The molecule has 0 heterocycles. The Bertz CT molecular complexity index is 291. The molecule has 0 aliphatic heterocycles. The lowest BCUT2D eigenvalue weighted by molar-refractivity contribution is -0.147. The molecular weight excluding hydrogens is 345 g/mol. The van der Waals surface area contributed by atoms with Crippen LogP contribution >= 0.6 is 24.0 Å². The number of carbonyl (C=O) groups is 1. The molecule has 1 saturated carbocycles. The van der Waals surface area contributed by atoms with Crippen LogP contribution in [0.1, 0.15) is 39.5 Å². The average molecular weight is 369 g/mol. The fourth-order valence-corrected chi connectivity index (χ4v) is 1.50. The lowest BCUT2D eigenvalue weighted by Crippen LogP contribution is -2.35. The Morgan fingerprint density at radius 3 is 2.61 bits per heavy atom. The van der Waals surface area contributed by atoms with Crippen molar-refractivity contribution in [2.75, 3.05) is 13.6 Å². The second kappa shape index (κ2) is 8.55. The van der Waals surface area contributed by atoms with Gasteiger partial charge in [-0.05, 0) is 33.1 Å². The molecule has 0 aromatic heterocycles. The second-order valence-corrected chi connectivity index (χ2v) is 4.72. The average Bonchev–Trinajstić information content (AvgIpc) is 3.05. The summed E-state index contributed by atoms with van der Waals surface area (Å²) in [5.74, 6) is 0.411. The highest BCUT2D eigenvalue weighted by Gasteiger charge is 2.27. The van der Waals surface area contributed by atoms with Gasteiger partial charge in [0.2, 0.25) is 0 Å². The van der Waals surface area contributed by atoms with E-state index in [9.17, 15) is 4.79 Å².